The van der Waals surface area contributed by atoms with Crippen LogP contribution in [-0.4, -0.2) is 18.8 Å². The van der Waals surface area contributed by atoms with Crippen molar-refractivity contribution in [1.82, 2.24) is 5.32 Å². The third kappa shape index (κ3) is 4.11. The van der Waals surface area contributed by atoms with Crippen molar-refractivity contribution in [3.8, 4) is 0 Å². The molecule has 1 heterocycles. The Kier molecular flexibility index (Phi) is 5.21. The van der Waals surface area contributed by atoms with E-state index in [4.69, 9.17) is 4.74 Å². The van der Waals surface area contributed by atoms with Crippen molar-refractivity contribution >= 4 is 0 Å². The average molecular weight is 247 g/mol. The molecular formula is C16H25NO. The molecule has 2 rings (SSSR count). The highest BCUT2D eigenvalue weighted by molar-refractivity contribution is 5.22. The molecule has 0 radical (unpaired) electrons. The van der Waals surface area contributed by atoms with Crippen LogP contribution in [0.4, 0.5) is 0 Å². The minimum Gasteiger partial charge on any atom is -0.378 e. The molecule has 2 atom stereocenters. The van der Waals surface area contributed by atoms with E-state index in [1.54, 1.807) is 0 Å². The van der Waals surface area contributed by atoms with Crippen LogP contribution in [0.1, 0.15) is 43.7 Å². The zero-order valence-corrected chi connectivity index (χ0v) is 11.6. The summed E-state index contributed by atoms with van der Waals surface area (Å²) in [6.45, 7) is 6.27. The van der Waals surface area contributed by atoms with Crippen LogP contribution in [0.5, 0.6) is 0 Å². The number of hydrogen-bond donors (Lipinski definition) is 1. The van der Waals surface area contributed by atoms with E-state index >= 15 is 0 Å². The van der Waals surface area contributed by atoms with Gasteiger partial charge in [0.05, 0.1) is 6.10 Å². The molecule has 1 aromatic rings. The van der Waals surface area contributed by atoms with Gasteiger partial charge in [0.15, 0.2) is 0 Å². The topological polar surface area (TPSA) is 21.3 Å². The Bertz CT molecular complexity index is 362. The third-order valence-corrected chi connectivity index (χ3v) is 3.66. The van der Waals surface area contributed by atoms with Crippen molar-refractivity contribution in [2.75, 3.05) is 6.61 Å². The van der Waals surface area contributed by atoms with Crippen LogP contribution in [0.2, 0.25) is 0 Å². The predicted molar refractivity (Wildman–Crippen MR) is 75.7 cm³/mol. The maximum Gasteiger partial charge on any atom is 0.0589 e. The number of benzene rings is 1. The van der Waals surface area contributed by atoms with E-state index < -0.39 is 0 Å². The predicted octanol–water partition coefficient (Wildman–Crippen LogP) is 3.43. The first-order chi connectivity index (χ1) is 8.78. The van der Waals surface area contributed by atoms with Crippen LogP contribution in [0.3, 0.4) is 0 Å². The van der Waals surface area contributed by atoms with Crippen molar-refractivity contribution < 1.29 is 4.74 Å². The van der Waals surface area contributed by atoms with E-state index in [9.17, 15) is 0 Å². The van der Waals surface area contributed by atoms with Gasteiger partial charge < -0.3 is 10.1 Å². The van der Waals surface area contributed by atoms with Crippen LogP contribution < -0.4 is 5.32 Å². The highest BCUT2D eigenvalue weighted by atomic mass is 16.5. The lowest BCUT2D eigenvalue weighted by atomic mass is 10.00. The summed E-state index contributed by atoms with van der Waals surface area (Å²) in [6, 6.07) is 9.36. The van der Waals surface area contributed by atoms with E-state index in [1.807, 2.05) is 0 Å². The second-order valence-electron chi connectivity index (χ2n) is 5.37. The Morgan fingerprint density at radius 3 is 3.06 bits per heavy atom. The van der Waals surface area contributed by atoms with Crippen LogP contribution in [0.15, 0.2) is 24.3 Å². The Balaban J connectivity index is 1.79. The first kappa shape index (κ1) is 13.6. The SMILES string of the molecule is CCCC1CC(NCc2cccc(C)c2)CCO1. The molecule has 0 aromatic heterocycles. The van der Waals surface area contributed by atoms with Crippen LogP contribution in [0, 0.1) is 6.92 Å². The molecule has 1 N–H and O–H groups in total. The number of hydrogen-bond acceptors (Lipinski definition) is 2. The zero-order chi connectivity index (χ0) is 12.8. The van der Waals surface area contributed by atoms with Gasteiger partial charge in [-0.1, -0.05) is 43.2 Å². The molecular weight excluding hydrogens is 222 g/mol. The van der Waals surface area contributed by atoms with Gasteiger partial charge in [0, 0.05) is 19.2 Å². The molecule has 1 fully saturated rings. The lowest BCUT2D eigenvalue weighted by Crippen LogP contribution is -2.38. The summed E-state index contributed by atoms with van der Waals surface area (Å²) in [5, 5.41) is 3.67. The Morgan fingerprint density at radius 2 is 2.28 bits per heavy atom. The van der Waals surface area contributed by atoms with Gasteiger partial charge >= 0.3 is 0 Å². The van der Waals surface area contributed by atoms with Crippen LogP contribution in [0.25, 0.3) is 0 Å². The smallest absolute Gasteiger partial charge is 0.0589 e. The van der Waals surface area contributed by atoms with E-state index in [2.05, 4.69) is 43.4 Å². The van der Waals surface area contributed by atoms with Crippen molar-refractivity contribution in [2.45, 2.75) is 58.2 Å². The van der Waals surface area contributed by atoms with Crippen molar-refractivity contribution in [1.29, 1.82) is 0 Å². The van der Waals surface area contributed by atoms with E-state index in [-0.39, 0.29) is 0 Å². The second-order valence-corrected chi connectivity index (χ2v) is 5.37. The van der Waals surface area contributed by atoms with Crippen LogP contribution >= 0.6 is 0 Å². The molecule has 0 spiro atoms. The molecule has 0 aliphatic carbocycles. The maximum absolute atomic E-state index is 5.78. The standard InChI is InChI=1S/C16H25NO/c1-3-5-16-11-15(8-9-18-16)17-12-14-7-4-6-13(2)10-14/h4,6-7,10,15-17H,3,5,8-9,11-12H2,1-2H3. The Labute approximate surface area is 111 Å². The molecule has 18 heavy (non-hydrogen) atoms. The second kappa shape index (κ2) is 6.91. The van der Waals surface area contributed by atoms with Gasteiger partial charge in [-0.05, 0) is 31.7 Å². The molecule has 1 aliphatic rings. The molecule has 0 saturated carbocycles. The summed E-state index contributed by atoms with van der Waals surface area (Å²) in [5.74, 6) is 0. The number of nitrogens with one attached hydrogen (secondary N) is 1. The maximum atomic E-state index is 5.78. The van der Waals surface area contributed by atoms with Gasteiger partial charge in [0.2, 0.25) is 0 Å². The van der Waals surface area contributed by atoms with E-state index in [1.165, 1.54) is 30.4 Å². The summed E-state index contributed by atoms with van der Waals surface area (Å²) >= 11 is 0. The molecule has 2 unspecified atom stereocenters. The summed E-state index contributed by atoms with van der Waals surface area (Å²) in [4.78, 5) is 0. The molecule has 2 heteroatoms. The fourth-order valence-electron chi connectivity index (χ4n) is 2.67. The summed E-state index contributed by atoms with van der Waals surface area (Å²) in [6.07, 6.45) is 5.20. The lowest BCUT2D eigenvalue weighted by Gasteiger charge is -2.30. The third-order valence-electron chi connectivity index (χ3n) is 3.66. The van der Waals surface area contributed by atoms with Gasteiger partial charge in [-0.25, -0.2) is 0 Å². The van der Waals surface area contributed by atoms with Crippen molar-refractivity contribution in [3.63, 3.8) is 0 Å². The lowest BCUT2D eigenvalue weighted by molar-refractivity contribution is -0.00342. The minimum absolute atomic E-state index is 0.471. The number of aryl methyl sites for hydroxylation is 1. The molecule has 0 bridgehead atoms. The monoisotopic (exact) mass is 247 g/mol. The number of ether oxygens (including phenoxy) is 1. The van der Waals surface area contributed by atoms with Gasteiger partial charge in [-0.15, -0.1) is 0 Å². The summed E-state index contributed by atoms with van der Waals surface area (Å²) < 4.78 is 5.78. The molecule has 0 amide bonds. The normalized spacial score (nSPS) is 24.1. The average Bonchev–Trinajstić information content (AvgIpc) is 2.37. The molecule has 1 aliphatic heterocycles. The highest BCUT2D eigenvalue weighted by Crippen LogP contribution is 2.18. The Hall–Kier alpha value is -0.860. The van der Waals surface area contributed by atoms with Gasteiger partial charge in [-0.2, -0.15) is 0 Å². The first-order valence-corrected chi connectivity index (χ1v) is 7.18. The zero-order valence-electron chi connectivity index (χ0n) is 11.6. The minimum atomic E-state index is 0.471. The van der Waals surface area contributed by atoms with Gasteiger partial charge in [0.25, 0.3) is 0 Å². The van der Waals surface area contributed by atoms with Crippen LogP contribution in [-0.2, 0) is 11.3 Å². The fourth-order valence-corrected chi connectivity index (χ4v) is 2.67. The quantitative estimate of drug-likeness (QED) is 0.860. The summed E-state index contributed by atoms with van der Waals surface area (Å²) in [5.41, 5.74) is 2.72. The van der Waals surface area contributed by atoms with Gasteiger partial charge in [-0.3, -0.25) is 0 Å². The molecule has 1 saturated heterocycles. The van der Waals surface area contributed by atoms with Crippen molar-refractivity contribution in [2.24, 2.45) is 0 Å². The highest BCUT2D eigenvalue weighted by Gasteiger charge is 2.21. The molecule has 2 nitrogen and oxygen atoms in total. The molecule has 100 valence electrons. The largest absolute Gasteiger partial charge is 0.378 e. The van der Waals surface area contributed by atoms with Crippen molar-refractivity contribution in [3.05, 3.63) is 35.4 Å². The summed E-state index contributed by atoms with van der Waals surface area (Å²) in [7, 11) is 0. The fraction of sp³-hybridized carbons (Fsp3) is 0.625. The first-order valence-electron chi connectivity index (χ1n) is 7.18. The molecule has 1 aromatic carbocycles. The van der Waals surface area contributed by atoms with Gasteiger partial charge in [0.1, 0.15) is 0 Å². The van der Waals surface area contributed by atoms with E-state index in [0.29, 0.717) is 12.1 Å². The Morgan fingerprint density at radius 1 is 1.39 bits per heavy atom. The number of rotatable bonds is 5. The van der Waals surface area contributed by atoms with E-state index in [0.717, 1.165) is 19.6 Å².